The molecule has 13 heteroatoms. The second-order valence-electron chi connectivity index (χ2n) is 10.7. The number of benzene rings is 2. The molecule has 0 unspecified atom stereocenters. The van der Waals surface area contributed by atoms with Crippen LogP contribution in [0.5, 0.6) is 5.75 Å². The van der Waals surface area contributed by atoms with Crippen molar-refractivity contribution in [1.29, 1.82) is 0 Å². The number of fused-ring (bicyclic) bond motifs is 1. The number of unbranched alkanes of at least 4 members (excludes halogenated alkanes) is 5. The van der Waals surface area contributed by atoms with E-state index in [1.165, 1.54) is 22.7 Å². The molecule has 0 atom stereocenters. The van der Waals surface area contributed by atoms with Gasteiger partial charge in [-0.1, -0.05) is 61.9 Å². The van der Waals surface area contributed by atoms with Crippen LogP contribution in [0, 0.1) is 0 Å². The molecule has 4 aromatic rings. The van der Waals surface area contributed by atoms with Crippen LogP contribution >= 0.6 is 22.7 Å². The maximum atomic E-state index is 11.3. The van der Waals surface area contributed by atoms with Crippen LogP contribution in [0.1, 0.15) is 58.8 Å². The van der Waals surface area contributed by atoms with Gasteiger partial charge in [-0.3, -0.25) is 4.79 Å². The predicted octanol–water partition coefficient (Wildman–Crippen LogP) is 10.4. The Morgan fingerprint density at radius 2 is 1.48 bits per heavy atom. The normalized spacial score (nSPS) is 11.4. The first-order chi connectivity index (χ1) is 23.5. The lowest BCUT2D eigenvalue weighted by Gasteiger charge is -2.22. The second kappa shape index (κ2) is 20.0. The van der Waals surface area contributed by atoms with Crippen molar-refractivity contribution >= 4 is 71.3 Å². The molecule has 0 fully saturated rings. The van der Waals surface area contributed by atoms with Crippen LogP contribution in [0.2, 0.25) is 0 Å². The van der Waals surface area contributed by atoms with Crippen molar-refractivity contribution in [2.45, 2.75) is 58.8 Å². The zero-order valence-electron chi connectivity index (χ0n) is 27.5. The third kappa shape index (κ3) is 12.3. The van der Waals surface area contributed by atoms with E-state index in [2.05, 4.69) is 36.9 Å². The standard InChI is InChI=1S/C35H42N6O5S2/c1-4-32(42)45-23-12-10-8-7-9-11-22-44-29-19-15-27(16-20-29)37-39-31-25-30-34(48-31)36-35(47-30)40-38-26-13-17-28(18-14-26)41(6-3)21-24-46-33(43)5-2/h5,13-20,25H,2,4,6-12,21-24H2,1,3H3. The van der Waals surface area contributed by atoms with Gasteiger partial charge in [0.2, 0.25) is 5.13 Å². The molecule has 0 aliphatic carbocycles. The zero-order chi connectivity index (χ0) is 34.0. The lowest BCUT2D eigenvalue weighted by molar-refractivity contribution is -0.143. The summed E-state index contributed by atoms with van der Waals surface area (Å²) < 4.78 is 17.0. The van der Waals surface area contributed by atoms with E-state index in [0.29, 0.717) is 43.6 Å². The van der Waals surface area contributed by atoms with Gasteiger partial charge >= 0.3 is 11.9 Å². The molecule has 0 bridgehead atoms. The molecule has 0 radical (unpaired) electrons. The lowest BCUT2D eigenvalue weighted by atomic mass is 10.1. The van der Waals surface area contributed by atoms with Gasteiger partial charge < -0.3 is 19.1 Å². The molecule has 2 aromatic heterocycles. The van der Waals surface area contributed by atoms with Crippen molar-refractivity contribution in [2.24, 2.45) is 20.5 Å². The lowest BCUT2D eigenvalue weighted by Crippen LogP contribution is -2.27. The van der Waals surface area contributed by atoms with Gasteiger partial charge in [-0.15, -0.1) is 20.5 Å². The quantitative estimate of drug-likeness (QED) is 0.0368. The highest BCUT2D eigenvalue weighted by Gasteiger charge is 2.09. The van der Waals surface area contributed by atoms with Gasteiger partial charge in [0.1, 0.15) is 22.2 Å². The first kappa shape index (κ1) is 36.3. The fraction of sp³-hybridized carbons (Fsp3) is 0.400. The first-order valence-corrected chi connectivity index (χ1v) is 17.9. The number of nitrogens with zero attached hydrogens (tertiary/aromatic N) is 6. The Kier molecular flexibility index (Phi) is 15.1. The number of likely N-dealkylation sites (N-methyl/N-ethyl adjacent to an activating group) is 1. The van der Waals surface area contributed by atoms with Crippen molar-refractivity contribution in [1.82, 2.24) is 4.98 Å². The molecule has 254 valence electrons. The molecule has 0 amide bonds. The number of ether oxygens (including phenoxy) is 3. The average molecular weight is 691 g/mol. The number of anilines is 1. The number of aromatic nitrogens is 1. The van der Waals surface area contributed by atoms with E-state index in [1.54, 1.807) is 0 Å². The third-order valence-electron chi connectivity index (χ3n) is 7.14. The number of thiazole rings is 1. The number of carbonyl (C=O) groups is 2. The number of hydrogen-bond acceptors (Lipinski definition) is 13. The number of hydrogen-bond donors (Lipinski definition) is 0. The largest absolute Gasteiger partial charge is 0.494 e. The van der Waals surface area contributed by atoms with Gasteiger partial charge in [0.05, 0.1) is 35.8 Å². The van der Waals surface area contributed by atoms with E-state index in [4.69, 9.17) is 14.2 Å². The topological polar surface area (TPSA) is 127 Å². The van der Waals surface area contributed by atoms with Crippen molar-refractivity contribution < 1.29 is 23.8 Å². The highest BCUT2D eigenvalue weighted by atomic mass is 32.1. The highest BCUT2D eigenvalue weighted by molar-refractivity contribution is 7.30. The van der Waals surface area contributed by atoms with Gasteiger partial charge in [-0.05, 0) is 74.4 Å². The highest BCUT2D eigenvalue weighted by Crippen LogP contribution is 2.39. The van der Waals surface area contributed by atoms with Crippen molar-refractivity contribution in [2.75, 3.05) is 37.8 Å². The minimum absolute atomic E-state index is 0.122. The van der Waals surface area contributed by atoms with Gasteiger partial charge in [0.25, 0.3) is 0 Å². The molecule has 4 rings (SSSR count). The van der Waals surface area contributed by atoms with E-state index in [-0.39, 0.29) is 5.97 Å². The van der Waals surface area contributed by atoms with E-state index in [1.807, 2.05) is 68.4 Å². The number of azo groups is 2. The Bertz CT molecular complexity index is 1620. The molecule has 0 aliphatic rings. The summed E-state index contributed by atoms with van der Waals surface area (Å²) in [7, 11) is 0. The second-order valence-corrected chi connectivity index (χ2v) is 12.7. The van der Waals surface area contributed by atoms with Crippen molar-refractivity contribution in [3.63, 3.8) is 0 Å². The fourth-order valence-electron chi connectivity index (χ4n) is 4.52. The van der Waals surface area contributed by atoms with E-state index in [9.17, 15) is 9.59 Å². The number of esters is 2. The summed E-state index contributed by atoms with van der Waals surface area (Å²) in [6, 6.07) is 17.3. The maximum Gasteiger partial charge on any atom is 0.330 e. The summed E-state index contributed by atoms with van der Waals surface area (Å²) in [5.74, 6) is 0.272. The molecule has 0 saturated carbocycles. The van der Waals surface area contributed by atoms with Crippen LogP contribution in [-0.4, -0.2) is 49.8 Å². The molecule has 0 saturated heterocycles. The summed E-state index contributed by atoms with van der Waals surface area (Å²) >= 11 is 2.91. The number of thiophene rings is 1. The van der Waals surface area contributed by atoms with Gasteiger partial charge in [0.15, 0.2) is 0 Å². The molecule has 0 aliphatic heterocycles. The smallest absolute Gasteiger partial charge is 0.330 e. The van der Waals surface area contributed by atoms with Crippen LogP contribution in [-0.2, 0) is 19.1 Å². The Hall–Kier alpha value is -4.49. The molecule has 0 N–H and O–H groups in total. The average Bonchev–Trinajstić information content (AvgIpc) is 3.68. The van der Waals surface area contributed by atoms with Crippen LogP contribution in [0.15, 0.2) is 87.7 Å². The fourth-order valence-corrected chi connectivity index (χ4v) is 6.37. The summed E-state index contributed by atoms with van der Waals surface area (Å²) in [5, 5.41) is 18.8. The Balaban J connectivity index is 1.17. The molecule has 2 aromatic carbocycles. The molecule has 0 spiro atoms. The molecule has 11 nitrogen and oxygen atoms in total. The maximum absolute atomic E-state index is 11.3. The van der Waals surface area contributed by atoms with Crippen LogP contribution in [0.25, 0.3) is 9.53 Å². The van der Waals surface area contributed by atoms with Crippen LogP contribution < -0.4 is 9.64 Å². The van der Waals surface area contributed by atoms with Gasteiger partial charge in [-0.2, -0.15) is 0 Å². The Labute approximate surface area is 289 Å². The molecule has 48 heavy (non-hydrogen) atoms. The number of carbonyl (C=O) groups excluding carboxylic acids is 2. The van der Waals surface area contributed by atoms with Crippen molar-refractivity contribution in [3.8, 4) is 5.75 Å². The van der Waals surface area contributed by atoms with Gasteiger partial charge in [-0.25, -0.2) is 9.78 Å². The molecular formula is C35H42N6O5S2. The minimum atomic E-state index is -0.423. The zero-order valence-corrected chi connectivity index (χ0v) is 29.1. The SMILES string of the molecule is C=CC(=O)OCCN(CC)c1ccc(N=Nc2nc3sc(N=Nc4ccc(OCCCCCCCCOC(=O)CC)cc4)cc3s2)cc1. The number of rotatable bonds is 21. The van der Waals surface area contributed by atoms with E-state index >= 15 is 0 Å². The van der Waals surface area contributed by atoms with E-state index in [0.717, 1.165) is 82.8 Å². The Morgan fingerprint density at radius 3 is 2.15 bits per heavy atom. The first-order valence-electron chi connectivity index (χ1n) is 16.2. The molecule has 2 heterocycles. The summed E-state index contributed by atoms with van der Waals surface area (Å²) in [4.78, 5) is 29.9. The monoisotopic (exact) mass is 690 g/mol. The summed E-state index contributed by atoms with van der Waals surface area (Å²) in [5.41, 5.74) is 2.47. The van der Waals surface area contributed by atoms with Crippen molar-refractivity contribution in [3.05, 3.63) is 67.3 Å². The molecular weight excluding hydrogens is 649 g/mol. The summed E-state index contributed by atoms with van der Waals surface area (Å²) in [6.45, 7) is 10.1. The van der Waals surface area contributed by atoms with E-state index < -0.39 is 5.97 Å². The minimum Gasteiger partial charge on any atom is -0.494 e. The third-order valence-corrected chi connectivity index (χ3v) is 9.07. The Morgan fingerprint density at radius 1 is 0.812 bits per heavy atom. The van der Waals surface area contributed by atoms with Crippen LogP contribution in [0.3, 0.4) is 0 Å². The summed E-state index contributed by atoms with van der Waals surface area (Å²) in [6.07, 6.45) is 8.03. The van der Waals surface area contributed by atoms with Gasteiger partial charge in [0, 0.05) is 24.7 Å². The predicted molar refractivity (Wildman–Crippen MR) is 192 cm³/mol. The van der Waals surface area contributed by atoms with Crippen LogP contribution in [0.4, 0.5) is 27.2 Å².